The van der Waals surface area contributed by atoms with Crippen LogP contribution in [-0.2, 0) is 14.4 Å². The highest BCUT2D eigenvalue weighted by Gasteiger charge is 2.63. The normalized spacial score (nSPS) is 12.8. The molecular weight excluding hydrogens is 601 g/mol. The molecule has 0 rings (SSSR count). The first-order valence-electron chi connectivity index (χ1n) is 14.3. The number of halogens is 9. The van der Waals surface area contributed by atoms with Gasteiger partial charge in [-0.2, -0.15) is 39.5 Å². The molecule has 248 valence electrons. The number of nitrogens with zero attached hydrogens (tertiary/aromatic N) is 3. The number of hydrogen-bond donors (Lipinski definition) is 0. The largest absolute Gasteiger partial charge is 0.470 e. The summed E-state index contributed by atoms with van der Waals surface area (Å²) in [6.07, 6.45) is -3.62. The Hall–Kier alpha value is -2.00. The summed E-state index contributed by atoms with van der Waals surface area (Å²) >= 11 is 0. The molecule has 0 aliphatic heterocycles. The van der Waals surface area contributed by atoms with Crippen LogP contribution in [0.2, 0.25) is 6.04 Å². The molecule has 42 heavy (non-hydrogen) atoms. The van der Waals surface area contributed by atoms with Gasteiger partial charge in [0.25, 0.3) is 0 Å². The van der Waals surface area contributed by atoms with Gasteiger partial charge in [0.2, 0.25) is 0 Å². The van der Waals surface area contributed by atoms with Gasteiger partial charge in [0.05, 0.1) is 0 Å². The van der Waals surface area contributed by atoms with E-state index >= 15 is 0 Å². The minimum Gasteiger partial charge on any atom is -0.330 e. The summed E-state index contributed by atoms with van der Waals surface area (Å²) in [5.74, 6) is -8.30. The minimum absolute atomic E-state index is 0.197. The summed E-state index contributed by atoms with van der Waals surface area (Å²) in [7, 11) is -4.33. The van der Waals surface area contributed by atoms with E-state index in [1.165, 1.54) is 38.5 Å². The molecule has 0 aliphatic rings. The van der Waals surface area contributed by atoms with Crippen LogP contribution >= 0.6 is 0 Å². The molecule has 0 saturated carbocycles. The van der Waals surface area contributed by atoms with Gasteiger partial charge in [-0.25, -0.2) is 0 Å². The van der Waals surface area contributed by atoms with E-state index in [1.807, 2.05) is 0 Å². The molecule has 0 aromatic heterocycles. The Bertz CT molecular complexity index is 758. The lowest BCUT2D eigenvalue weighted by Crippen LogP contribution is -2.78. The average Bonchev–Trinajstić information content (AvgIpc) is 2.89. The van der Waals surface area contributed by atoms with E-state index in [0.717, 1.165) is 32.1 Å². The van der Waals surface area contributed by atoms with Crippen LogP contribution in [0.5, 0.6) is 0 Å². The van der Waals surface area contributed by atoms with Crippen LogP contribution in [0.3, 0.4) is 0 Å². The summed E-state index contributed by atoms with van der Waals surface area (Å²) < 4.78 is 119. The lowest BCUT2D eigenvalue weighted by molar-refractivity contribution is -0.187. The molecule has 0 fully saturated rings. The van der Waals surface area contributed by atoms with Gasteiger partial charge >= 0.3 is 44.8 Å². The first-order valence-corrected chi connectivity index (χ1v) is 16.4. The second kappa shape index (κ2) is 18.0. The van der Waals surface area contributed by atoms with E-state index in [1.54, 1.807) is 0 Å². The molecule has 3 amide bonds. The summed E-state index contributed by atoms with van der Waals surface area (Å²) in [5.41, 5.74) is 0. The van der Waals surface area contributed by atoms with Crippen molar-refractivity contribution in [1.29, 1.82) is 0 Å². The highest BCUT2D eigenvalue weighted by molar-refractivity contribution is 6.77. The van der Waals surface area contributed by atoms with Crippen LogP contribution in [0.15, 0.2) is 0 Å². The second-order valence-corrected chi connectivity index (χ2v) is 14.6. The lowest BCUT2D eigenvalue weighted by atomic mass is 10.0. The maximum atomic E-state index is 13.3. The van der Waals surface area contributed by atoms with Crippen molar-refractivity contribution in [3.8, 4) is 0 Å². The fourth-order valence-corrected chi connectivity index (χ4v) is 9.41. The molecule has 0 N–H and O–H groups in total. The molecule has 0 aromatic rings. The van der Waals surface area contributed by atoms with Crippen molar-refractivity contribution in [3.05, 3.63) is 0 Å². The number of alkyl halides is 9. The molecule has 0 spiro atoms. The zero-order chi connectivity index (χ0) is 32.8. The average molecular weight is 646 g/mol. The zero-order valence-electron chi connectivity index (χ0n) is 24.8. The predicted octanol–water partition coefficient (Wildman–Crippen LogP) is 7.86. The molecule has 0 atom stereocenters. The van der Waals surface area contributed by atoms with Crippen molar-refractivity contribution in [2.75, 3.05) is 21.1 Å². The van der Waals surface area contributed by atoms with Crippen LogP contribution in [0, 0.1) is 0 Å². The second-order valence-electron chi connectivity index (χ2n) is 10.6. The number of rotatable bonds is 19. The van der Waals surface area contributed by atoms with Gasteiger partial charge in [-0.05, 0) is 6.04 Å². The molecule has 0 saturated heterocycles. The van der Waals surface area contributed by atoms with Gasteiger partial charge in [-0.1, -0.05) is 103 Å². The van der Waals surface area contributed by atoms with Crippen molar-refractivity contribution in [1.82, 2.24) is 13.7 Å². The monoisotopic (exact) mass is 645 g/mol. The van der Waals surface area contributed by atoms with Crippen LogP contribution in [-0.4, -0.2) is 79.6 Å². The Morgan fingerprint density at radius 2 is 0.667 bits per heavy atom. The van der Waals surface area contributed by atoms with Gasteiger partial charge in [0.1, 0.15) is 0 Å². The standard InChI is InChI=1S/C26H44F9N3O3Si/c1-5-6-7-8-9-10-11-12-13-14-15-16-17-18-19-20-42(36(2)21(39)24(27,28)29,37(3)22(40)25(30,31)32)38(4)23(41)26(33,34)35/h5-20H2,1-4H3. The molecule has 6 nitrogen and oxygen atoms in total. The maximum Gasteiger partial charge on any atom is 0.470 e. The lowest BCUT2D eigenvalue weighted by Gasteiger charge is -2.49. The van der Waals surface area contributed by atoms with Gasteiger partial charge < -0.3 is 13.7 Å². The third kappa shape index (κ3) is 12.7. The first-order chi connectivity index (χ1) is 19.3. The third-order valence-corrected chi connectivity index (χ3v) is 12.2. The summed E-state index contributed by atoms with van der Waals surface area (Å²) in [5, 5.41) is 0. The Morgan fingerprint density at radius 3 is 0.881 bits per heavy atom. The van der Waals surface area contributed by atoms with Gasteiger partial charge in [-0.3, -0.25) is 14.4 Å². The van der Waals surface area contributed by atoms with Crippen molar-refractivity contribution in [3.63, 3.8) is 0 Å². The SMILES string of the molecule is CCCCCCCCCCCCCCCCC[Si](N(C)C(=O)C(F)(F)F)(N(C)C(=O)C(F)(F)F)N(C)C(=O)C(F)(F)F. The molecule has 0 bridgehead atoms. The number of hydrogen-bond acceptors (Lipinski definition) is 3. The number of carbonyl (C=O) groups is 3. The van der Waals surface area contributed by atoms with Crippen LogP contribution in [0.25, 0.3) is 0 Å². The molecule has 0 radical (unpaired) electrons. The number of unbranched alkanes of at least 4 members (excludes halogenated alkanes) is 14. The van der Waals surface area contributed by atoms with Crippen LogP contribution in [0.4, 0.5) is 39.5 Å². The summed E-state index contributed by atoms with van der Waals surface area (Å²) in [6, 6.07) is -0.847. The van der Waals surface area contributed by atoms with E-state index in [0.29, 0.717) is 34.0 Å². The Balaban J connectivity index is 5.47. The van der Waals surface area contributed by atoms with E-state index < -0.39 is 50.9 Å². The van der Waals surface area contributed by atoms with Crippen molar-refractivity contribution >= 4 is 26.3 Å². The molecule has 0 aliphatic carbocycles. The summed E-state index contributed by atoms with van der Waals surface area (Å²) in [6.45, 7) is 2.16. The molecular formula is C26H44F9N3O3Si. The predicted molar refractivity (Wildman–Crippen MR) is 142 cm³/mol. The fourth-order valence-electron chi connectivity index (χ4n) is 4.97. The number of amides is 3. The Kier molecular flexibility index (Phi) is 17.1. The van der Waals surface area contributed by atoms with E-state index in [-0.39, 0.29) is 26.5 Å². The third-order valence-electron chi connectivity index (χ3n) is 7.37. The Morgan fingerprint density at radius 1 is 0.452 bits per heavy atom. The highest BCUT2D eigenvalue weighted by Crippen LogP contribution is 2.34. The van der Waals surface area contributed by atoms with Gasteiger partial charge in [0, 0.05) is 21.1 Å². The van der Waals surface area contributed by atoms with Crippen molar-refractivity contribution in [2.45, 2.75) is 128 Å². The highest BCUT2D eigenvalue weighted by atomic mass is 28.4. The van der Waals surface area contributed by atoms with E-state index in [9.17, 15) is 53.9 Å². The minimum atomic E-state index is -5.69. The van der Waals surface area contributed by atoms with Gasteiger partial charge in [-0.15, -0.1) is 0 Å². The molecule has 0 aromatic carbocycles. The van der Waals surface area contributed by atoms with E-state index in [2.05, 4.69) is 6.92 Å². The Labute approximate surface area is 243 Å². The smallest absolute Gasteiger partial charge is 0.330 e. The maximum absolute atomic E-state index is 13.3. The molecule has 0 heterocycles. The summed E-state index contributed by atoms with van der Waals surface area (Å²) in [4.78, 5) is 36.4. The zero-order valence-corrected chi connectivity index (χ0v) is 25.8. The van der Waals surface area contributed by atoms with Crippen LogP contribution in [0.1, 0.15) is 103 Å². The molecule has 0 unspecified atom stereocenters. The van der Waals surface area contributed by atoms with E-state index in [4.69, 9.17) is 0 Å². The topological polar surface area (TPSA) is 60.9 Å². The first kappa shape index (κ1) is 40.0. The van der Waals surface area contributed by atoms with Crippen molar-refractivity contribution in [2.24, 2.45) is 0 Å². The fraction of sp³-hybridized carbons (Fsp3) is 0.885. The quantitative estimate of drug-likeness (QED) is 0.0817. The number of carbonyl (C=O) groups excluding carboxylic acids is 3. The van der Waals surface area contributed by atoms with Gasteiger partial charge in [0.15, 0.2) is 0 Å². The van der Waals surface area contributed by atoms with Crippen LogP contribution < -0.4 is 0 Å². The van der Waals surface area contributed by atoms with Crippen molar-refractivity contribution < 1.29 is 53.9 Å². The molecule has 16 heteroatoms.